The first kappa shape index (κ1) is 12.3. The van der Waals surface area contributed by atoms with E-state index in [0.29, 0.717) is 0 Å². The molecule has 2 bridgehead atoms. The van der Waals surface area contributed by atoms with Crippen LogP contribution in [0.1, 0.15) is 48.0 Å². The fraction of sp³-hybridized carbons (Fsp3) is 0.556. The Morgan fingerprint density at radius 1 is 1.00 bits per heavy atom. The zero-order valence-electron chi connectivity index (χ0n) is 13.2. The first-order valence-corrected chi connectivity index (χ1v) is 7.43. The van der Waals surface area contributed by atoms with Gasteiger partial charge in [0, 0.05) is 24.7 Å². The van der Waals surface area contributed by atoms with E-state index in [-0.39, 0.29) is 10.8 Å². The Morgan fingerprint density at radius 3 is 2.40 bits per heavy atom. The number of fused-ring (bicyclic) bond motifs is 2. The van der Waals surface area contributed by atoms with Gasteiger partial charge in [0.1, 0.15) is 0 Å². The second kappa shape index (κ2) is 3.08. The first-order valence-electron chi connectivity index (χ1n) is 7.43. The smallest absolute Gasteiger partial charge is 0.245 e. The summed E-state index contributed by atoms with van der Waals surface area (Å²) in [6, 6.07) is 0. The Balaban J connectivity index is 1.97. The minimum atomic E-state index is -0.543. The van der Waals surface area contributed by atoms with Crippen LogP contribution < -0.4 is 0 Å². The fourth-order valence-corrected chi connectivity index (χ4v) is 4.56. The summed E-state index contributed by atoms with van der Waals surface area (Å²) in [5, 5.41) is 0. The zero-order chi connectivity index (χ0) is 14.5. The molecule has 1 heterocycles. The molecule has 106 valence electrons. The van der Waals surface area contributed by atoms with Crippen LogP contribution in [0.25, 0.3) is 0 Å². The molecule has 0 N–H and O–H groups in total. The van der Waals surface area contributed by atoms with Crippen LogP contribution in [0, 0.1) is 10.8 Å². The van der Waals surface area contributed by atoms with Gasteiger partial charge < -0.3 is 9.47 Å². The SMILES string of the molecule is CC1=C(C)C23CC(=CC2=C1)C1=C(OC(C)(C)O1)C3(C)C. The molecule has 0 amide bonds. The van der Waals surface area contributed by atoms with Crippen LogP contribution in [0.3, 0.4) is 0 Å². The summed E-state index contributed by atoms with van der Waals surface area (Å²) >= 11 is 0. The van der Waals surface area contributed by atoms with Crippen molar-refractivity contribution in [1.82, 2.24) is 0 Å². The third kappa shape index (κ3) is 1.09. The highest BCUT2D eigenvalue weighted by molar-refractivity contribution is 5.64. The van der Waals surface area contributed by atoms with Crippen LogP contribution in [0.5, 0.6) is 0 Å². The van der Waals surface area contributed by atoms with Crippen molar-refractivity contribution >= 4 is 0 Å². The van der Waals surface area contributed by atoms with Crippen molar-refractivity contribution in [2.24, 2.45) is 10.8 Å². The summed E-state index contributed by atoms with van der Waals surface area (Å²) in [5.41, 5.74) is 5.65. The van der Waals surface area contributed by atoms with Crippen LogP contribution in [-0.4, -0.2) is 5.79 Å². The van der Waals surface area contributed by atoms with Crippen LogP contribution in [0.2, 0.25) is 0 Å². The highest BCUT2D eigenvalue weighted by Crippen LogP contribution is 2.70. The molecule has 2 heteroatoms. The van der Waals surface area contributed by atoms with E-state index in [9.17, 15) is 0 Å². The van der Waals surface area contributed by atoms with E-state index in [1.54, 1.807) is 0 Å². The van der Waals surface area contributed by atoms with Crippen LogP contribution in [0.4, 0.5) is 0 Å². The highest BCUT2D eigenvalue weighted by Gasteiger charge is 2.63. The van der Waals surface area contributed by atoms with Gasteiger partial charge in [-0.1, -0.05) is 37.1 Å². The predicted molar refractivity (Wildman–Crippen MR) is 78.6 cm³/mol. The second-order valence-corrected chi connectivity index (χ2v) is 7.55. The van der Waals surface area contributed by atoms with Crippen molar-refractivity contribution in [3.63, 3.8) is 0 Å². The number of allylic oxidation sites excluding steroid dienone is 7. The Morgan fingerprint density at radius 2 is 1.70 bits per heavy atom. The van der Waals surface area contributed by atoms with Crippen molar-refractivity contribution in [2.45, 2.75) is 53.8 Å². The van der Waals surface area contributed by atoms with Gasteiger partial charge in [-0.15, -0.1) is 0 Å². The molecule has 20 heavy (non-hydrogen) atoms. The molecule has 0 saturated heterocycles. The third-order valence-electron chi connectivity index (χ3n) is 5.71. The van der Waals surface area contributed by atoms with Gasteiger partial charge in [0.2, 0.25) is 5.79 Å². The van der Waals surface area contributed by atoms with Crippen LogP contribution >= 0.6 is 0 Å². The van der Waals surface area contributed by atoms with Crippen molar-refractivity contribution in [1.29, 1.82) is 0 Å². The van der Waals surface area contributed by atoms with Crippen LogP contribution in [0.15, 0.2) is 46.0 Å². The molecule has 0 fully saturated rings. The molecule has 4 rings (SSSR count). The number of rotatable bonds is 0. The van der Waals surface area contributed by atoms with E-state index in [2.05, 4.69) is 39.8 Å². The summed E-state index contributed by atoms with van der Waals surface area (Å²) in [6.45, 7) is 13.1. The predicted octanol–water partition coefficient (Wildman–Crippen LogP) is 4.61. The second-order valence-electron chi connectivity index (χ2n) is 7.55. The third-order valence-corrected chi connectivity index (χ3v) is 5.71. The van der Waals surface area contributed by atoms with E-state index >= 15 is 0 Å². The van der Waals surface area contributed by atoms with Gasteiger partial charge in [0.25, 0.3) is 0 Å². The molecule has 1 atom stereocenters. The molecular formula is C18H22O2. The van der Waals surface area contributed by atoms with Crippen molar-refractivity contribution in [3.05, 3.63) is 46.0 Å². The number of hydrogen-bond donors (Lipinski definition) is 0. The molecule has 0 saturated carbocycles. The monoisotopic (exact) mass is 270 g/mol. The fourth-order valence-electron chi connectivity index (χ4n) is 4.56. The summed E-state index contributed by atoms with van der Waals surface area (Å²) in [6.07, 6.45) is 5.72. The molecule has 0 aromatic carbocycles. The Labute approximate surface area is 120 Å². The summed E-state index contributed by atoms with van der Waals surface area (Å²) in [4.78, 5) is 0. The largest absolute Gasteiger partial charge is 0.453 e. The average Bonchev–Trinajstić information content (AvgIpc) is 2.91. The quantitative estimate of drug-likeness (QED) is 0.639. The molecule has 0 aromatic heterocycles. The lowest BCUT2D eigenvalue weighted by Gasteiger charge is -2.47. The lowest BCUT2D eigenvalue weighted by Crippen LogP contribution is -2.42. The molecule has 4 aliphatic rings. The van der Waals surface area contributed by atoms with E-state index in [4.69, 9.17) is 9.47 Å². The van der Waals surface area contributed by atoms with Gasteiger partial charge >= 0.3 is 0 Å². The molecule has 0 aromatic rings. The molecule has 1 spiro atoms. The first-order chi connectivity index (χ1) is 9.19. The Bertz CT molecular complexity index is 668. The van der Waals surface area contributed by atoms with E-state index in [0.717, 1.165) is 17.9 Å². The minimum absolute atomic E-state index is 0.0692. The average molecular weight is 270 g/mol. The lowest BCUT2D eigenvalue weighted by atomic mass is 9.56. The highest BCUT2D eigenvalue weighted by atomic mass is 16.7. The minimum Gasteiger partial charge on any atom is -0.453 e. The van der Waals surface area contributed by atoms with Crippen molar-refractivity contribution in [2.75, 3.05) is 0 Å². The van der Waals surface area contributed by atoms with Crippen molar-refractivity contribution in [3.8, 4) is 0 Å². The van der Waals surface area contributed by atoms with Crippen molar-refractivity contribution < 1.29 is 9.47 Å². The maximum absolute atomic E-state index is 6.20. The summed E-state index contributed by atoms with van der Waals surface area (Å²) in [5.74, 6) is 1.49. The van der Waals surface area contributed by atoms with E-state index in [1.807, 2.05) is 13.8 Å². The van der Waals surface area contributed by atoms with Gasteiger partial charge in [0.15, 0.2) is 11.5 Å². The van der Waals surface area contributed by atoms with Gasteiger partial charge in [-0.05, 0) is 31.4 Å². The molecular weight excluding hydrogens is 248 g/mol. The maximum Gasteiger partial charge on any atom is 0.245 e. The van der Waals surface area contributed by atoms with E-state index < -0.39 is 5.79 Å². The summed E-state index contributed by atoms with van der Waals surface area (Å²) in [7, 11) is 0. The number of ether oxygens (including phenoxy) is 2. The standard InChI is InChI=1S/C18H22O2/c1-10-7-13-8-12-9-18(13,11(10)2)16(3,4)15-14(12)19-17(5,6)20-15/h7-8H,9H2,1-6H3. The van der Waals surface area contributed by atoms with Gasteiger partial charge in [-0.25, -0.2) is 0 Å². The Kier molecular flexibility index (Phi) is 1.89. The molecule has 0 radical (unpaired) electrons. The van der Waals surface area contributed by atoms with Gasteiger partial charge in [-0.2, -0.15) is 0 Å². The Hall–Kier alpha value is -1.44. The van der Waals surface area contributed by atoms with Crippen LogP contribution in [-0.2, 0) is 9.47 Å². The normalized spacial score (nSPS) is 35.3. The zero-order valence-corrected chi connectivity index (χ0v) is 13.2. The molecule has 1 aliphatic heterocycles. The van der Waals surface area contributed by atoms with E-state index in [1.165, 1.54) is 22.3 Å². The molecule has 2 nitrogen and oxygen atoms in total. The maximum atomic E-state index is 6.20. The summed E-state index contributed by atoms with van der Waals surface area (Å²) < 4.78 is 12.3. The molecule has 3 aliphatic carbocycles. The lowest BCUT2D eigenvalue weighted by molar-refractivity contribution is -0.130. The topological polar surface area (TPSA) is 18.5 Å². The van der Waals surface area contributed by atoms with Gasteiger partial charge in [-0.3, -0.25) is 0 Å². The number of hydrogen-bond acceptors (Lipinski definition) is 2. The molecule has 1 unspecified atom stereocenters. The van der Waals surface area contributed by atoms with Gasteiger partial charge in [0.05, 0.1) is 0 Å².